The topological polar surface area (TPSA) is 96.6 Å². The summed E-state index contributed by atoms with van der Waals surface area (Å²) in [5.41, 5.74) is 0.654. The Morgan fingerprint density at radius 2 is 2.32 bits per heavy atom. The van der Waals surface area contributed by atoms with E-state index in [2.05, 4.69) is 4.98 Å². The molecule has 7 heteroatoms. The summed E-state index contributed by atoms with van der Waals surface area (Å²) in [5, 5.41) is 19.4. The molecule has 0 aromatic carbocycles. The summed E-state index contributed by atoms with van der Waals surface area (Å²) in [6, 6.07) is 1.78. The van der Waals surface area contributed by atoms with Gasteiger partial charge in [0, 0.05) is 18.7 Å². The molecule has 0 atom stereocenters. The number of carboxylic acid groups (broad SMARTS) is 1. The molecule has 102 valence electrons. The van der Waals surface area contributed by atoms with Crippen LogP contribution in [0.4, 0.5) is 11.5 Å². The van der Waals surface area contributed by atoms with Gasteiger partial charge >= 0.3 is 5.97 Å². The Labute approximate surface area is 110 Å². The number of aliphatic carboxylic acids is 1. The fourth-order valence-electron chi connectivity index (χ4n) is 2.02. The summed E-state index contributed by atoms with van der Waals surface area (Å²) in [6.07, 6.45) is 3.28. The van der Waals surface area contributed by atoms with Crippen molar-refractivity contribution in [2.45, 2.75) is 32.2 Å². The Morgan fingerprint density at radius 3 is 2.79 bits per heavy atom. The fraction of sp³-hybridized carbons (Fsp3) is 0.500. The zero-order valence-electron chi connectivity index (χ0n) is 10.6. The van der Waals surface area contributed by atoms with Crippen molar-refractivity contribution in [3.8, 4) is 0 Å². The van der Waals surface area contributed by atoms with E-state index in [0.29, 0.717) is 24.0 Å². The van der Waals surface area contributed by atoms with Crippen LogP contribution in [-0.4, -0.2) is 33.6 Å². The van der Waals surface area contributed by atoms with E-state index in [0.717, 1.165) is 12.8 Å². The Kier molecular flexibility index (Phi) is 3.64. The molecule has 0 spiro atoms. The molecule has 0 aliphatic heterocycles. The molecule has 1 saturated carbocycles. The maximum Gasteiger partial charge on any atom is 0.305 e. The van der Waals surface area contributed by atoms with Crippen molar-refractivity contribution in [1.82, 2.24) is 4.98 Å². The number of anilines is 1. The molecule has 1 aromatic heterocycles. The SMILES string of the molecule is Cc1cc([N+](=O)[O-])cnc1N(CCC(=O)O)C1CC1. The first-order valence-electron chi connectivity index (χ1n) is 6.08. The highest BCUT2D eigenvalue weighted by Gasteiger charge is 2.31. The summed E-state index contributed by atoms with van der Waals surface area (Å²) in [7, 11) is 0. The van der Waals surface area contributed by atoms with Gasteiger partial charge in [0.15, 0.2) is 0 Å². The van der Waals surface area contributed by atoms with Gasteiger partial charge in [-0.3, -0.25) is 14.9 Å². The molecule has 0 unspecified atom stereocenters. The third kappa shape index (κ3) is 3.18. The highest BCUT2D eigenvalue weighted by atomic mass is 16.6. The normalized spacial score (nSPS) is 14.2. The first-order chi connectivity index (χ1) is 8.99. The van der Waals surface area contributed by atoms with Crippen LogP contribution in [0.2, 0.25) is 0 Å². The molecular weight excluding hydrogens is 250 g/mol. The van der Waals surface area contributed by atoms with Crippen LogP contribution in [0.15, 0.2) is 12.3 Å². The third-order valence-electron chi connectivity index (χ3n) is 3.07. The maximum atomic E-state index is 10.7. The standard InChI is InChI=1S/C12H15N3O4/c1-8-6-10(15(18)19)7-13-12(8)14(9-2-3-9)5-4-11(16)17/h6-7,9H,2-5H2,1H3,(H,16,17). The highest BCUT2D eigenvalue weighted by Crippen LogP contribution is 2.33. The van der Waals surface area contributed by atoms with Gasteiger partial charge in [-0.05, 0) is 25.3 Å². The molecule has 1 fully saturated rings. The lowest BCUT2D eigenvalue weighted by Gasteiger charge is -2.24. The smallest absolute Gasteiger partial charge is 0.305 e. The monoisotopic (exact) mass is 265 g/mol. The van der Waals surface area contributed by atoms with Gasteiger partial charge in [0.1, 0.15) is 12.0 Å². The summed E-state index contributed by atoms with van der Waals surface area (Å²) in [6.45, 7) is 2.14. The molecule has 19 heavy (non-hydrogen) atoms. The Morgan fingerprint density at radius 1 is 1.63 bits per heavy atom. The molecule has 1 N–H and O–H groups in total. The molecule has 1 aliphatic carbocycles. The number of carbonyl (C=O) groups is 1. The number of carboxylic acids is 1. The number of hydrogen-bond acceptors (Lipinski definition) is 5. The van der Waals surface area contributed by atoms with E-state index in [9.17, 15) is 14.9 Å². The Bertz CT molecular complexity index is 514. The van der Waals surface area contributed by atoms with Gasteiger partial charge in [0.05, 0.1) is 11.3 Å². The van der Waals surface area contributed by atoms with Gasteiger partial charge in [0.2, 0.25) is 0 Å². The van der Waals surface area contributed by atoms with Crippen LogP contribution in [0.5, 0.6) is 0 Å². The van der Waals surface area contributed by atoms with Crippen molar-refractivity contribution in [2.75, 3.05) is 11.4 Å². The van der Waals surface area contributed by atoms with Gasteiger partial charge in [-0.15, -0.1) is 0 Å². The molecule has 1 heterocycles. The van der Waals surface area contributed by atoms with Gasteiger partial charge in [-0.2, -0.15) is 0 Å². The number of pyridine rings is 1. The van der Waals surface area contributed by atoms with Crippen molar-refractivity contribution in [3.05, 3.63) is 27.9 Å². The second-order valence-corrected chi connectivity index (χ2v) is 4.66. The van der Waals surface area contributed by atoms with Crippen molar-refractivity contribution in [3.63, 3.8) is 0 Å². The Hall–Kier alpha value is -2.18. The first-order valence-corrected chi connectivity index (χ1v) is 6.08. The average Bonchev–Trinajstić information content (AvgIpc) is 3.14. The zero-order chi connectivity index (χ0) is 14.0. The van der Waals surface area contributed by atoms with Gasteiger partial charge in [-0.1, -0.05) is 0 Å². The minimum atomic E-state index is -0.856. The second-order valence-electron chi connectivity index (χ2n) is 4.66. The maximum absolute atomic E-state index is 10.7. The highest BCUT2D eigenvalue weighted by molar-refractivity contribution is 5.68. The predicted molar refractivity (Wildman–Crippen MR) is 68.2 cm³/mol. The summed E-state index contributed by atoms with van der Waals surface area (Å²) < 4.78 is 0. The van der Waals surface area contributed by atoms with Crippen LogP contribution in [0.25, 0.3) is 0 Å². The van der Waals surface area contributed by atoms with Crippen LogP contribution in [-0.2, 0) is 4.79 Å². The molecule has 0 radical (unpaired) electrons. The lowest BCUT2D eigenvalue weighted by atomic mass is 10.2. The van der Waals surface area contributed by atoms with Crippen molar-refractivity contribution in [2.24, 2.45) is 0 Å². The molecule has 2 rings (SSSR count). The fourth-order valence-corrected chi connectivity index (χ4v) is 2.02. The van der Waals surface area contributed by atoms with Crippen LogP contribution < -0.4 is 4.90 Å². The van der Waals surface area contributed by atoms with E-state index in [1.54, 1.807) is 6.92 Å². The number of aryl methyl sites for hydroxylation is 1. The van der Waals surface area contributed by atoms with Gasteiger partial charge in [-0.25, -0.2) is 4.98 Å². The average molecular weight is 265 g/mol. The Balaban J connectivity index is 2.21. The van der Waals surface area contributed by atoms with Crippen molar-refractivity contribution < 1.29 is 14.8 Å². The number of nitrogens with zero attached hydrogens (tertiary/aromatic N) is 3. The molecular formula is C12H15N3O4. The second kappa shape index (κ2) is 5.21. The van der Waals surface area contributed by atoms with E-state index in [-0.39, 0.29) is 12.1 Å². The minimum Gasteiger partial charge on any atom is -0.481 e. The third-order valence-corrected chi connectivity index (χ3v) is 3.07. The number of aromatic nitrogens is 1. The van der Waals surface area contributed by atoms with E-state index in [1.165, 1.54) is 12.3 Å². The molecule has 0 bridgehead atoms. The van der Waals surface area contributed by atoms with E-state index < -0.39 is 10.9 Å². The number of hydrogen-bond donors (Lipinski definition) is 1. The van der Waals surface area contributed by atoms with Crippen LogP contribution in [0, 0.1) is 17.0 Å². The summed E-state index contributed by atoms with van der Waals surface area (Å²) >= 11 is 0. The molecule has 1 aliphatic rings. The van der Waals surface area contributed by atoms with E-state index in [1.807, 2.05) is 4.90 Å². The van der Waals surface area contributed by atoms with Gasteiger partial charge < -0.3 is 10.0 Å². The van der Waals surface area contributed by atoms with E-state index in [4.69, 9.17) is 5.11 Å². The van der Waals surface area contributed by atoms with Crippen molar-refractivity contribution >= 4 is 17.5 Å². The molecule has 7 nitrogen and oxygen atoms in total. The van der Waals surface area contributed by atoms with Crippen LogP contribution in [0.1, 0.15) is 24.8 Å². The molecule has 0 saturated heterocycles. The summed E-state index contributed by atoms with van der Waals surface area (Å²) in [4.78, 5) is 26.9. The number of rotatable bonds is 6. The van der Waals surface area contributed by atoms with E-state index >= 15 is 0 Å². The van der Waals surface area contributed by atoms with Crippen LogP contribution in [0.3, 0.4) is 0 Å². The predicted octanol–water partition coefficient (Wildman–Crippen LogP) is 1.74. The van der Waals surface area contributed by atoms with Crippen molar-refractivity contribution in [1.29, 1.82) is 0 Å². The lowest BCUT2D eigenvalue weighted by molar-refractivity contribution is -0.385. The summed E-state index contributed by atoms with van der Waals surface area (Å²) in [5.74, 6) is -0.209. The zero-order valence-corrected chi connectivity index (χ0v) is 10.6. The largest absolute Gasteiger partial charge is 0.481 e. The first kappa shape index (κ1) is 13.3. The quantitative estimate of drug-likeness (QED) is 0.621. The van der Waals surface area contributed by atoms with Crippen LogP contribution >= 0.6 is 0 Å². The number of nitro groups is 1. The molecule has 1 aromatic rings. The lowest BCUT2D eigenvalue weighted by Crippen LogP contribution is -2.29. The minimum absolute atomic E-state index is 0.0363. The molecule has 0 amide bonds. The van der Waals surface area contributed by atoms with Gasteiger partial charge in [0.25, 0.3) is 5.69 Å².